The van der Waals surface area contributed by atoms with Crippen molar-refractivity contribution < 1.29 is 17.9 Å². The molecule has 1 aromatic heterocycles. The molecule has 3 aromatic carbocycles. The summed E-state index contributed by atoms with van der Waals surface area (Å²) in [6.45, 7) is 4.29. The van der Waals surface area contributed by atoms with Crippen molar-refractivity contribution in [3.8, 4) is 5.75 Å². The highest BCUT2D eigenvalue weighted by Crippen LogP contribution is 2.23. The summed E-state index contributed by atoms with van der Waals surface area (Å²) >= 11 is 4.86. The van der Waals surface area contributed by atoms with E-state index in [0.29, 0.717) is 17.1 Å². The molecule has 1 heterocycles. The van der Waals surface area contributed by atoms with E-state index in [0.717, 1.165) is 14.7 Å². The fourth-order valence-corrected chi connectivity index (χ4v) is 5.91. The molecule has 0 saturated carbocycles. The lowest BCUT2D eigenvalue weighted by Gasteiger charge is -2.09. The van der Waals surface area contributed by atoms with E-state index >= 15 is 0 Å². The molecule has 0 aliphatic heterocycles. The Hall–Kier alpha value is -3.21. The number of thiazole rings is 1. The number of carbonyl (C=O) groups excluding carboxylic acids is 1. The number of hydrogen-bond donors (Lipinski definition) is 1. The van der Waals surface area contributed by atoms with Gasteiger partial charge in [0, 0.05) is 22.3 Å². The predicted molar refractivity (Wildman–Crippen MR) is 138 cm³/mol. The Labute approximate surface area is 209 Å². The van der Waals surface area contributed by atoms with Gasteiger partial charge in [-0.1, -0.05) is 39.4 Å². The summed E-state index contributed by atoms with van der Waals surface area (Å²) in [5, 5.41) is 0. The summed E-state index contributed by atoms with van der Waals surface area (Å²) in [6.07, 6.45) is 1.74. The number of carbonyl (C=O) groups is 1. The van der Waals surface area contributed by atoms with Gasteiger partial charge in [-0.15, -0.1) is 6.58 Å². The number of methoxy groups -OCH3 is 1. The Bertz CT molecular complexity index is 1560. The number of fused-ring (bicyclic) bond motifs is 1. The topological polar surface area (TPSA) is 89.8 Å². The highest BCUT2D eigenvalue weighted by Gasteiger charge is 2.16. The van der Waals surface area contributed by atoms with Crippen molar-refractivity contribution in [3.05, 3.63) is 94.2 Å². The smallest absolute Gasteiger partial charge is 0.279 e. The Morgan fingerprint density at radius 2 is 1.94 bits per heavy atom. The summed E-state index contributed by atoms with van der Waals surface area (Å²) in [7, 11) is -2.33. The molecule has 0 unspecified atom stereocenters. The Morgan fingerprint density at radius 1 is 1.18 bits per heavy atom. The van der Waals surface area contributed by atoms with E-state index in [2.05, 4.69) is 32.2 Å². The van der Waals surface area contributed by atoms with Crippen molar-refractivity contribution in [1.29, 1.82) is 0 Å². The van der Waals surface area contributed by atoms with Crippen LogP contribution >= 0.6 is 27.3 Å². The first-order chi connectivity index (χ1) is 16.3. The summed E-state index contributed by atoms with van der Waals surface area (Å²) in [4.78, 5) is 17.9. The van der Waals surface area contributed by atoms with Gasteiger partial charge in [-0.3, -0.25) is 9.52 Å². The monoisotopic (exact) mass is 557 g/mol. The third-order valence-corrected chi connectivity index (χ3v) is 7.82. The van der Waals surface area contributed by atoms with E-state index in [1.807, 2.05) is 22.8 Å². The number of amides is 1. The molecule has 4 rings (SSSR count). The first-order valence-corrected chi connectivity index (χ1v) is 13.2. The van der Waals surface area contributed by atoms with Crippen LogP contribution in [0.2, 0.25) is 0 Å². The molecule has 0 fully saturated rings. The molecule has 174 valence electrons. The van der Waals surface area contributed by atoms with Crippen LogP contribution in [-0.4, -0.2) is 26.0 Å². The van der Waals surface area contributed by atoms with Crippen molar-refractivity contribution in [1.82, 2.24) is 4.57 Å². The quantitative estimate of drug-likeness (QED) is 0.316. The average Bonchev–Trinajstić information content (AvgIpc) is 3.15. The number of halogens is 1. The lowest BCUT2D eigenvalue weighted by atomic mass is 10.2. The van der Waals surface area contributed by atoms with Crippen molar-refractivity contribution in [2.45, 2.75) is 11.4 Å². The fourth-order valence-electron chi connectivity index (χ4n) is 3.27. The van der Waals surface area contributed by atoms with Crippen LogP contribution in [-0.2, 0) is 16.6 Å². The number of aromatic nitrogens is 1. The third kappa shape index (κ3) is 5.14. The SMILES string of the molecule is C=CCn1c(=NC(=O)c2cccc(NS(=O)(=O)c3ccc(OC)cc3)c2)sc2cc(Br)ccc21. The Balaban J connectivity index is 1.65. The number of ether oxygens (including phenoxy) is 1. The van der Waals surface area contributed by atoms with E-state index in [9.17, 15) is 13.2 Å². The second-order valence-electron chi connectivity index (χ2n) is 7.17. The molecule has 10 heteroatoms. The van der Waals surface area contributed by atoms with Crippen LogP contribution in [0.25, 0.3) is 10.2 Å². The van der Waals surface area contributed by atoms with E-state index in [1.54, 1.807) is 36.4 Å². The molecule has 4 aromatic rings. The fraction of sp³-hybridized carbons (Fsp3) is 0.0833. The average molecular weight is 558 g/mol. The molecular formula is C24H20BrN3O4S2. The van der Waals surface area contributed by atoms with Crippen LogP contribution in [0.3, 0.4) is 0 Å². The second-order valence-corrected chi connectivity index (χ2v) is 10.8. The zero-order valence-corrected chi connectivity index (χ0v) is 21.3. The minimum Gasteiger partial charge on any atom is -0.497 e. The molecular weight excluding hydrogens is 538 g/mol. The normalized spacial score (nSPS) is 12.0. The maximum absolute atomic E-state index is 13.0. The van der Waals surface area contributed by atoms with Gasteiger partial charge in [0.05, 0.1) is 22.2 Å². The highest BCUT2D eigenvalue weighted by atomic mass is 79.9. The highest BCUT2D eigenvalue weighted by molar-refractivity contribution is 9.10. The number of allylic oxidation sites excluding steroid dienone is 1. The molecule has 7 nitrogen and oxygen atoms in total. The third-order valence-electron chi connectivity index (χ3n) is 4.89. The van der Waals surface area contributed by atoms with Crippen molar-refractivity contribution >= 4 is 59.1 Å². The lowest BCUT2D eigenvalue weighted by molar-refractivity contribution is 0.0998. The predicted octanol–water partition coefficient (Wildman–Crippen LogP) is 5.20. The molecule has 1 amide bonds. The van der Waals surface area contributed by atoms with Gasteiger partial charge in [0.2, 0.25) is 0 Å². The zero-order chi connectivity index (χ0) is 24.3. The van der Waals surface area contributed by atoms with E-state index in [1.165, 1.54) is 36.6 Å². The summed E-state index contributed by atoms with van der Waals surface area (Å²) < 4.78 is 36.9. The molecule has 0 spiro atoms. The molecule has 34 heavy (non-hydrogen) atoms. The van der Waals surface area contributed by atoms with E-state index in [-0.39, 0.29) is 16.1 Å². The van der Waals surface area contributed by atoms with Gasteiger partial charge in [0.15, 0.2) is 4.80 Å². The first-order valence-electron chi connectivity index (χ1n) is 10.1. The van der Waals surface area contributed by atoms with Crippen LogP contribution in [0, 0.1) is 0 Å². The van der Waals surface area contributed by atoms with Gasteiger partial charge in [-0.05, 0) is 60.7 Å². The summed E-state index contributed by atoms with van der Waals surface area (Å²) in [5.41, 5.74) is 1.47. The molecule has 0 aliphatic carbocycles. The van der Waals surface area contributed by atoms with Crippen LogP contribution in [0.5, 0.6) is 5.75 Å². The van der Waals surface area contributed by atoms with Crippen molar-refractivity contribution in [2.24, 2.45) is 4.99 Å². The Morgan fingerprint density at radius 3 is 2.65 bits per heavy atom. The number of nitrogens with one attached hydrogen (secondary N) is 1. The molecule has 1 N–H and O–H groups in total. The van der Waals surface area contributed by atoms with Crippen LogP contribution in [0.4, 0.5) is 5.69 Å². The van der Waals surface area contributed by atoms with Crippen molar-refractivity contribution in [2.75, 3.05) is 11.8 Å². The summed E-state index contributed by atoms with van der Waals surface area (Å²) in [6, 6.07) is 18.1. The number of anilines is 1. The molecule has 0 saturated heterocycles. The number of nitrogens with zero attached hydrogens (tertiary/aromatic N) is 2. The van der Waals surface area contributed by atoms with Crippen LogP contribution < -0.4 is 14.3 Å². The van der Waals surface area contributed by atoms with Crippen LogP contribution in [0.1, 0.15) is 10.4 Å². The van der Waals surface area contributed by atoms with E-state index in [4.69, 9.17) is 4.74 Å². The standard InChI is InChI=1S/C24H20BrN3O4S2/c1-3-13-28-21-12-7-17(25)15-22(21)33-24(28)26-23(29)16-5-4-6-18(14-16)27-34(30,31)20-10-8-19(32-2)9-11-20/h3-12,14-15,27H,1,13H2,2H3. The number of benzene rings is 3. The van der Waals surface area contributed by atoms with Gasteiger partial charge >= 0.3 is 0 Å². The maximum Gasteiger partial charge on any atom is 0.279 e. The molecule has 0 radical (unpaired) electrons. The Kier molecular flexibility index (Phi) is 7.01. The molecule has 0 bridgehead atoms. The van der Waals surface area contributed by atoms with Gasteiger partial charge in [0.1, 0.15) is 5.75 Å². The largest absolute Gasteiger partial charge is 0.497 e. The van der Waals surface area contributed by atoms with E-state index < -0.39 is 15.9 Å². The molecule has 0 aliphatic rings. The van der Waals surface area contributed by atoms with Gasteiger partial charge < -0.3 is 9.30 Å². The second kappa shape index (κ2) is 9.96. The number of hydrogen-bond acceptors (Lipinski definition) is 5. The minimum absolute atomic E-state index is 0.0802. The maximum atomic E-state index is 13.0. The molecule has 0 atom stereocenters. The van der Waals surface area contributed by atoms with Gasteiger partial charge in [0.25, 0.3) is 15.9 Å². The number of sulfonamides is 1. The minimum atomic E-state index is -3.84. The van der Waals surface area contributed by atoms with Crippen LogP contribution in [0.15, 0.2) is 93.7 Å². The zero-order valence-electron chi connectivity index (χ0n) is 18.1. The summed E-state index contributed by atoms with van der Waals surface area (Å²) in [5.74, 6) is 0.0735. The van der Waals surface area contributed by atoms with Crippen molar-refractivity contribution in [3.63, 3.8) is 0 Å². The van der Waals surface area contributed by atoms with Gasteiger partial charge in [-0.25, -0.2) is 8.42 Å². The lowest BCUT2D eigenvalue weighted by Crippen LogP contribution is -2.16. The first kappa shape index (κ1) is 23.9. The van der Waals surface area contributed by atoms with Gasteiger partial charge in [-0.2, -0.15) is 4.99 Å². The number of rotatable bonds is 7.